The highest BCUT2D eigenvalue weighted by atomic mass is 16.7. The molecule has 0 bridgehead atoms. The van der Waals surface area contributed by atoms with Crippen molar-refractivity contribution in [2.45, 2.75) is 81.8 Å². The number of rotatable bonds is 14. The van der Waals surface area contributed by atoms with Crippen LogP contribution in [0.25, 0.3) is 0 Å². The zero-order valence-corrected chi connectivity index (χ0v) is 26.0. The summed E-state index contributed by atoms with van der Waals surface area (Å²) in [6, 6.07) is 19.4. The Hall–Kier alpha value is -2.73. The summed E-state index contributed by atoms with van der Waals surface area (Å²) in [4.78, 5) is 14.0. The first-order chi connectivity index (χ1) is 21.1. The molecule has 2 saturated carbocycles. The second kappa shape index (κ2) is 12.9. The van der Waals surface area contributed by atoms with Crippen LogP contribution in [-0.2, 0) is 46.4 Å². The van der Waals surface area contributed by atoms with Gasteiger partial charge in [-0.1, -0.05) is 74.2 Å². The van der Waals surface area contributed by atoms with Gasteiger partial charge in [-0.3, -0.25) is 4.79 Å². The first-order valence-corrected chi connectivity index (χ1v) is 15.1. The largest absolute Gasteiger partial charge is 0.379 e. The molecule has 9 nitrogen and oxygen atoms in total. The summed E-state index contributed by atoms with van der Waals surface area (Å²) in [6.07, 6.45) is -0.136. The lowest BCUT2D eigenvalue weighted by atomic mass is 9.61. The maximum absolute atomic E-state index is 14.0. The van der Waals surface area contributed by atoms with Crippen LogP contribution < -0.4 is 0 Å². The molecule has 3 aliphatic rings. The van der Waals surface area contributed by atoms with Crippen molar-refractivity contribution in [2.24, 2.45) is 5.92 Å². The molecule has 2 aromatic carbocycles. The number of ether oxygens (including phenoxy) is 6. The van der Waals surface area contributed by atoms with Gasteiger partial charge in [0, 0.05) is 19.1 Å². The van der Waals surface area contributed by atoms with E-state index < -0.39 is 34.3 Å². The number of carbonyl (C=O) groups excluding carboxylic acids is 1. The molecule has 5 unspecified atom stereocenters. The molecule has 9 heteroatoms. The number of methoxy groups -OCH3 is 1. The summed E-state index contributed by atoms with van der Waals surface area (Å²) in [6.45, 7) is 9.35. The summed E-state index contributed by atoms with van der Waals surface area (Å²) >= 11 is 0. The number of benzene rings is 2. The highest BCUT2D eigenvalue weighted by Crippen LogP contribution is 2.68. The predicted molar refractivity (Wildman–Crippen MR) is 162 cm³/mol. The maximum atomic E-state index is 14.0. The average Bonchev–Trinajstić information content (AvgIpc) is 3.29. The van der Waals surface area contributed by atoms with E-state index in [-0.39, 0.29) is 43.9 Å². The minimum absolute atomic E-state index is 0.124. The highest BCUT2D eigenvalue weighted by molar-refractivity contribution is 6.11. The second-order valence-electron chi connectivity index (χ2n) is 12.3. The number of hydrogen-bond acceptors (Lipinski definition) is 9. The van der Waals surface area contributed by atoms with E-state index in [2.05, 4.69) is 6.58 Å². The maximum Gasteiger partial charge on any atom is 0.198 e. The molecule has 2 N–H and O–H groups in total. The van der Waals surface area contributed by atoms with Crippen molar-refractivity contribution in [1.82, 2.24) is 0 Å². The molecule has 44 heavy (non-hydrogen) atoms. The number of ketones is 1. The van der Waals surface area contributed by atoms with Crippen molar-refractivity contribution in [3.63, 3.8) is 0 Å². The van der Waals surface area contributed by atoms with Gasteiger partial charge in [0.1, 0.15) is 26.0 Å². The predicted octanol–water partition coefficient (Wildman–Crippen LogP) is 4.61. The van der Waals surface area contributed by atoms with Crippen LogP contribution in [0.4, 0.5) is 0 Å². The minimum atomic E-state index is -2.27. The fourth-order valence-corrected chi connectivity index (χ4v) is 7.69. The smallest absolute Gasteiger partial charge is 0.198 e. The van der Waals surface area contributed by atoms with Crippen LogP contribution in [-0.4, -0.2) is 72.0 Å². The number of allylic oxidation sites excluding steroid dienone is 1. The topological polar surface area (TPSA) is 113 Å². The quantitative estimate of drug-likeness (QED) is 0.235. The van der Waals surface area contributed by atoms with Crippen LogP contribution in [0, 0.1) is 5.92 Å². The van der Waals surface area contributed by atoms with Crippen molar-refractivity contribution in [3.8, 4) is 0 Å². The van der Waals surface area contributed by atoms with Gasteiger partial charge in [0.15, 0.2) is 22.6 Å². The van der Waals surface area contributed by atoms with E-state index in [1.807, 2.05) is 67.6 Å². The number of Topliss-reactive ketones (excluding diaryl/α,β-unsaturated/α-hetero) is 1. The highest BCUT2D eigenvalue weighted by Gasteiger charge is 2.87. The van der Waals surface area contributed by atoms with Crippen molar-refractivity contribution in [2.75, 3.05) is 27.5 Å². The molecule has 0 radical (unpaired) electrons. The SMILES string of the molecule is C=C(C)C1=C(C)C2(O)C(O)(C[C@@]3(OCOCc4ccccc4)CCC(C)C(OCOCc4ccccc4)C23OCOC)C1=O. The molecule has 0 saturated heterocycles. The van der Waals surface area contributed by atoms with E-state index in [1.165, 1.54) is 7.11 Å². The van der Waals surface area contributed by atoms with Gasteiger partial charge in [-0.15, -0.1) is 0 Å². The molecule has 3 aliphatic carbocycles. The summed E-state index contributed by atoms with van der Waals surface area (Å²) in [5, 5.41) is 25.3. The standard InChI is InChI=1S/C35H44O9/c1-24(2)29-26(4)34(38)33(37,30(29)36)20-32(43-23-41-19-28-14-10-7-11-15-28)17-16-25(3)31(35(32,34)44-21-39-5)42-22-40-18-27-12-8-6-9-13-27/h6-15,25,31,37-38H,1,16-23H2,2-5H3/t25?,31?,32-,33?,34?,35?/m0/s1. The molecule has 0 amide bonds. The van der Waals surface area contributed by atoms with E-state index >= 15 is 0 Å². The van der Waals surface area contributed by atoms with E-state index in [9.17, 15) is 15.0 Å². The summed E-state index contributed by atoms with van der Waals surface area (Å²) in [7, 11) is 1.47. The molecule has 0 aromatic heterocycles. The summed E-state index contributed by atoms with van der Waals surface area (Å²) < 4.78 is 36.9. The second-order valence-corrected chi connectivity index (χ2v) is 12.3. The molecule has 0 heterocycles. The number of fused-ring (bicyclic) bond motifs is 3. The Bertz CT molecular complexity index is 1360. The van der Waals surface area contributed by atoms with Crippen LogP contribution in [0.2, 0.25) is 0 Å². The molecular formula is C35H44O9. The molecule has 2 fully saturated rings. The van der Waals surface area contributed by atoms with Crippen LogP contribution in [0.1, 0.15) is 51.2 Å². The lowest BCUT2D eigenvalue weighted by Gasteiger charge is -2.58. The van der Waals surface area contributed by atoms with E-state index in [0.29, 0.717) is 31.6 Å². The van der Waals surface area contributed by atoms with Gasteiger partial charge in [-0.25, -0.2) is 0 Å². The third-order valence-electron chi connectivity index (χ3n) is 9.60. The van der Waals surface area contributed by atoms with Crippen LogP contribution in [0.15, 0.2) is 84.0 Å². The van der Waals surface area contributed by atoms with E-state index in [1.54, 1.807) is 13.8 Å². The van der Waals surface area contributed by atoms with Gasteiger partial charge in [0.25, 0.3) is 0 Å². The molecule has 0 spiro atoms. The van der Waals surface area contributed by atoms with Gasteiger partial charge >= 0.3 is 0 Å². The third kappa shape index (κ3) is 5.09. The lowest BCUT2D eigenvalue weighted by molar-refractivity contribution is -0.348. The average molecular weight is 609 g/mol. The fraction of sp³-hybridized carbons (Fsp3) is 0.514. The van der Waals surface area contributed by atoms with Crippen LogP contribution in [0.5, 0.6) is 0 Å². The molecule has 0 aliphatic heterocycles. The molecule has 5 rings (SSSR count). The van der Waals surface area contributed by atoms with Gasteiger partial charge in [0.2, 0.25) is 0 Å². The number of carbonyl (C=O) groups is 1. The van der Waals surface area contributed by atoms with Crippen LogP contribution in [0.3, 0.4) is 0 Å². The zero-order valence-electron chi connectivity index (χ0n) is 26.0. The Balaban J connectivity index is 1.54. The van der Waals surface area contributed by atoms with Gasteiger partial charge < -0.3 is 38.6 Å². The summed E-state index contributed by atoms with van der Waals surface area (Å²) in [5.41, 5.74) is -4.84. The molecule has 2 aromatic rings. The first-order valence-electron chi connectivity index (χ1n) is 15.1. The molecular weight excluding hydrogens is 564 g/mol. The van der Waals surface area contributed by atoms with Gasteiger partial charge in [-0.2, -0.15) is 0 Å². The Morgan fingerprint density at radius 1 is 0.932 bits per heavy atom. The third-order valence-corrected chi connectivity index (χ3v) is 9.60. The van der Waals surface area contributed by atoms with Crippen molar-refractivity contribution >= 4 is 5.78 Å². The Kier molecular flexibility index (Phi) is 9.61. The van der Waals surface area contributed by atoms with Crippen molar-refractivity contribution < 1.29 is 43.4 Å². The lowest BCUT2D eigenvalue weighted by Crippen LogP contribution is -2.76. The fourth-order valence-electron chi connectivity index (χ4n) is 7.69. The Morgan fingerprint density at radius 2 is 1.52 bits per heavy atom. The molecule has 6 atom stereocenters. The Labute approximate surface area is 259 Å². The first kappa shape index (κ1) is 32.7. The van der Waals surface area contributed by atoms with E-state index in [4.69, 9.17) is 28.4 Å². The van der Waals surface area contributed by atoms with E-state index in [0.717, 1.165) is 11.1 Å². The molecule has 238 valence electrons. The van der Waals surface area contributed by atoms with Gasteiger partial charge in [0.05, 0.1) is 19.3 Å². The number of hydrogen-bond donors (Lipinski definition) is 2. The number of aliphatic hydroxyl groups is 2. The van der Waals surface area contributed by atoms with Crippen LogP contribution >= 0.6 is 0 Å². The van der Waals surface area contributed by atoms with Crippen molar-refractivity contribution in [1.29, 1.82) is 0 Å². The van der Waals surface area contributed by atoms with Gasteiger partial charge in [-0.05, 0) is 54.9 Å². The zero-order chi connectivity index (χ0) is 31.6. The van der Waals surface area contributed by atoms with Crippen molar-refractivity contribution in [3.05, 3.63) is 95.1 Å². The Morgan fingerprint density at radius 3 is 2.09 bits per heavy atom. The minimum Gasteiger partial charge on any atom is -0.379 e. The monoisotopic (exact) mass is 608 g/mol. The summed E-state index contributed by atoms with van der Waals surface area (Å²) in [5.74, 6) is -0.794. The normalized spacial score (nSPS) is 33.0.